The lowest BCUT2D eigenvalue weighted by Gasteiger charge is -2.14. The van der Waals surface area contributed by atoms with Crippen molar-refractivity contribution in [1.29, 1.82) is 0 Å². The van der Waals surface area contributed by atoms with Crippen LogP contribution in [-0.2, 0) is 10.0 Å². The minimum Gasteiger partial charge on any atom is -0.495 e. The van der Waals surface area contributed by atoms with Crippen molar-refractivity contribution in [3.63, 3.8) is 0 Å². The molecule has 0 atom stereocenters. The van der Waals surface area contributed by atoms with Crippen molar-refractivity contribution in [2.24, 2.45) is 0 Å². The number of amides is 1. The normalized spacial score (nSPS) is 11.1. The number of ether oxygens (including phenoxy) is 1. The van der Waals surface area contributed by atoms with E-state index in [4.69, 9.17) is 27.9 Å². The van der Waals surface area contributed by atoms with Crippen molar-refractivity contribution in [2.45, 2.75) is 11.8 Å². The maximum Gasteiger partial charge on any atom is 0.261 e. The van der Waals surface area contributed by atoms with Crippen LogP contribution in [0.1, 0.15) is 15.9 Å². The van der Waals surface area contributed by atoms with E-state index in [2.05, 4.69) is 10.0 Å². The molecule has 0 fully saturated rings. The molecule has 9 heteroatoms. The first kappa shape index (κ1) is 22.0. The topological polar surface area (TPSA) is 84.5 Å². The molecule has 0 saturated carbocycles. The van der Waals surface area contributed by atoms with E-state index >= 15 is 0 Å². The highest BCUT2D eigenvalue weighted by Gasteiger charge is 2.19. The first-order chi connectivity index (χ1) is 14.2. The van der Waals surface area contributed by atoms with E-state index < -0.39 is 15.9 Å². The van der Waals surface area contributed by atoms with Gasteiger partial charge in [0, 0.05) is 15.6 Å². The molecular weight excluding hydrogens is 447 g/mol. The Morgan fingerprint density at radius 1 is 0.900 bits per heavy atom. The van der Waals surface area contributed by atoms with Crippen LogP contribution in [0.5, 0.6) is 5.75 Å². The van der Waals surface area contributed by atoms with Crippen LogP contribution in [0.4, 0.5) is 11.4 Å². The number of hydrogen-bond donors (Lipinski definition) is 2. The molecule has 3 aromatic rings. The lowest BCUT2D eigenvalue weighted by Crippen LogP contribution is -2.16. The van der Waals surface area contributed by atoms with Crippen molar-refractivity contribution in [1.82, 2.24) is 0 Å². The molecule has 0 aliphatic carbocycles. The van der Waals surface area contributed by atoms with Gasteiger partial charge in [0.2, 0.25) is 0 Å². The number of carbonyl (C=O) groups is 1. The number of sulfonamides is 1. The molecule has 0 bridgehead atoms. The van der Waals surface area contributed by atoms with Crippen LogP contribution < -0.4 is 14.8 Å². The summed E-state index contributed by atoms with van der Waals surface area (Å²) in [5.41, 5.74) is 1.66. The molecule has 0 saturated heterocycles. The van der Waals surface area contributed by atoms with Gasteiger partial charge >= 0.3 is 0 Å². The van der Waals surface area contributed by atoms with Crippen LogP contribution >= 0.6 is 23.2 Å². The standard InChI is InChI=1S/C21H18Cl2N2O4S/c1-13-11-16(23)7-9-18(13)25-30(27,28)17-8-10-20(29-2)19(12-17)24-21(26)14-3-5-15(22)6-4-14/h3-12,25H,1-2H3,(H,24,26). The summed E-state index contributed by atoms with van der Waals surface area (Å²) < 4.78 is 33.5. The number of rotatable bonds is 6. The number of carbonyl (C=O) groups excluding carboxylic acids is 1. The van der Waals surface area contributed by atoms with E-state index in [-0.39, 0.29) is 10.6 Å². The molecule has 0 aromatic heterocycles. The average molecular weight is 465 g/mol. The van der Waals surface area contributed by atoms with E-state index in [1.54, 1.807) is 49.4 Å². The van der Waals surface area contributed by atoms with Crippen molar-refractivity contribution >= 4 is 50.5 Å². The van der Waals surface area contributed by atoms with E-state index in [0.717, 1.165) is 0 Å². The second kappa shape index (κ2) is 8.95. The molecule has 6 nitrogen and oxygen atoms in total. The Hall–Kier alpha value is -2.74. The number of benzene rings is 3. The zero-order valence-corrected chi connectivity index (χ0v) is 18.4. The van der Waals surface area contributed by atoms with Crippen LogP contribution in [0, 0.1) is 6.92 Å². The second-order valence-electron chi connectivity index (χ2n) is 6.39. The van der Waals surface area contributed by atoms with E-state index in [1.165, 1.54) is 25.3 Å². The van der Waals surface area contributed by atoms with Gasteiger partial charge in [-0.2, -0.15) is 0 Å². The molecule has 2 N–H and O–H groups in total. The second-order valence-corrected chi connectivity index (χ2v) is 8.94. The predicted octanol–water partition coefficient (Wildman–Crippen LogP) is 5.36. The zero-order chi connectivity index (χ0) is 21.9. The van der Waals surface area contributed by atoms with Gasteiger partial charge in [-0.05, 0) is 73.2 Å². The third-order valence-corrected chi connectivity index (χ3v) is 6.12. The summed E-state index contributed by atoms with van der Waals surface area (Å²) in [5.74, 6) is -0.111. The van der Waals surface area contributed by atoms with Crippen molar-refractivity contribution in [3.05, 3.63) is 81.8 Å². The van der Waals surface area contributed by atoms with Crippen molar-refractivity contribution < 1.29 is 17.9 Å². The Bertz CT molecular complexity index is 1200. The first-order valence-corrected chi connectivity index (χ1v) is 11.0. The number of anilines is 2. The molecular formula is C21H18Cl2N2O4S. The molecule has 0 aliphatic heterocycles. The van der Waals surface area contributed by atoms with E-state index in [9.17, 15) is 13.2 Å². The molecule has 3 rings (SSSR count). The number of methoxy groups -OCH3 is 1. The van der Waals surface area contributed by atoms with Crippen molar-refractivity contribution in [3.8, 4) is 5.75 Å². The maximum atomic E-state index is 12.9. The summed E-state index contributed by atoms with van der Waals surface area (Å²) in [6.45, 7) is 1.75. The van der Waals surface area contributed by atoms with Gasteiger partial charge in [0.1, 0.15) is 5.75 Å². The summed E-state index contributed by atoms with van der Waals surface area (Å²) in [6.07, 6.45) is 0. The molecule has 1 amide bonds. The highest BCUT2D eigenvalue weighted by molar-refractivity contribution is 7.92. The number of halogens is 2. The fourth-order valence-electron chi connectivity index (χ4n) is 2.69. The smallest absolute Gasteiger partial charge is 0.261 e. The van der Waals surface area contributed by atoms with Gasteiger partial charge < -0.3 is 10.1 Å². The molecule has 0 radical (unpaired) electrons. The van der Waals surface area contributed by atoms with Crippen LogP contribution in [-0.4, -0.2) is 21.4 Å². The molecule has 3 aromatic carbocycles. The highest BCUT2D eigenvalue weighted by Crippen LogP contribution is 2.30. The summed E-state index contributed by atoms with van der Waals surface area (Å²) in [5, 5.41) is 3.68. The molecule has 0 unspecified atom stereocenters. The van der Waals surface area contributed by atoms with Gasteiger partial charge in [0.15, 0.2) is 0 Å². The Morgan fingerprint density at radius 2 is 1.57 bits per heavy atom. The van der Waals surface area contributed by atoms with Gasteiger partial charge in [-0.3, -0.25) is 9.52 Å². The van der Waals surface area contributed by atoms with Gasteiger partial charge in [0.25, 0.3) is 15.9 Å². The first-order valence-electron chi connectivity index (χ1n) is 8.73. The maximum absolute atomic E-state index is 12.9. The average Bonchev–Trinajstić information content (AvgIpc) is 2.70. The summed E-state index contributed by atoms with van der Waals surface area (Å²) in [6, 6.07) is 15.3. The Balaban J connectivity index is 1.91. The monoisotopic (exact) mass is 464 g/mol. The van der Waals surface area contributed by atoms with Gasteiger partial charge in [-0.25, -0.2) is 8.42 Å². The molecule has 30 heavy (non-hydrogen) atoms. The Labute approximate surface area is 184 Å². The van der Waals surface area contributed by atoms with Crippen LogP contribution in [0.15, 0.2) is 65.6 Å². The van der Waals surface area contributed by atoms with E-state index in [1.807, 2.05) is 0 Å². The SMILES string of the molecule is COc1ccc(S(=O)(=O)Nc2ccc(Cl)cc2C)cc1NC(=O)c1ccc(Cl)cc1. The number of nitrogens with one attached hydrogen (secondary N) is 2. The number of aryl methyl sites for hydroxylation is 1. The Morgan fingerprint density at radius 3 is 2.20 bits per heavy atom. The van der Waals surface area contributed by atoms with Gasteiger partial charge in [0.05, 0.1) is 23.4 Å². The molecule has 0 spiro atoms. The van der Waals surface area contributed by atoms with Crippen molar-refractivity contribution in [2.75, 3.05) is 17.1 Å². The van der Waals surface area contributed by atoms with Gasteiger partial charge in [-0.1, -0.05) is 23.2 Å². The molecule has 0 heterocycles. The summed E-state index contributed by atoms with van der Waals surface area (Å²) in [4.78, 5) is 12.5. The largest absolute Gasteiger partial charge is 0.495 e. The van der Waals surface area contributed by atoms with Crippen LogP contribution in [0.2, 0.25) is 10.0 Å². The highest BCUT2D eigenvalue weighted by atomic mass is 35.5. The third kappa shape index (κ3) is 5.05. The minimum atomic E-state index is -3.92. The zero-order valence-electron chi connectivity index (χ0n) is 16.1. The van der Waals surface area contributed by atoms with Crippen LogP contribution in [0.3, 0.4) is 0 Å². The third-order valence-electron chi connectivity index (χ3n) is 4.27. The fraction of sp³-hybridized carbons (Fsp3) is 0.0952. The quantitative estimate of drug-likeness (QED) is 0.513. The molecule has 0 aliphatic rings. The lowest BCUT2D eigenvalue weighted by molar-refractivity contribution is 0.102. The lowest BCUT2D eigenvalue weighted by atomic mass is 10.2. The fourth-order valence-corrected chi connectivity index (χ4v) is 4.20. The predicted molar refractivity (Wildman–Crippen MR) is 119 cm³/mol. The van der Waals surface area contributed by atoms with Crippen LogP contribution in [0.25, 0.3) is 0 Å². The number of hydrogen-bond acceptors (Lipinski definition) is 4. The molecule has 156 valence electrons. The Kier molecular flexibility index (Phi) is 6.55. The van der Waals surface area contributed by atoms with Gasteiger partial charge in [-0.15, -0.1) is 0 Å². The summed E-state index contributed by atoms with van der Waals surface area (Å²) >= 11 is 11.8. The minimum absolute atomic E-state index is 0.0379. The summed E-state index contributed by atoms with van der Waals surface area (Å²) in [7, 11) is -2.49. The van der Waals surface area contributed by atoms with E-state index in [0.29, 0.717) is 32.6 Å².